The van der Waals surface area contributed by atoms with Gasteiger partial charge in [-0.15, -0.1) is 0 Å². The highest BCUT2D eigenvalue weighted by Crippen LogP contribution is 2.30. The maximum absolute atomic E-state index is 6.17. The normalized spacial score (nSPS) is 10.3. The lowest BCUT2D eigenvalue weighted by atomic mass is 10.1. The second-order valence-electron chi connectivity index (χ2n) is 4.00. The molecule has 94 valence electrons. The highest BCUT2D eigenvalue weighted by Gasteiger charge is 2.05. The zero-order valence-corrected chi connectivity index (χ0v) is 10.9. The van der Waals surface area contributed by atoms with Crippen LogP contribution in [0.25, 0.3) is 11.1 Å². The maximum Gasteiger partial charge on any atom is 0.138 e. The lowest BCUT2D eigenvalue weighted by molar-refractivity contribution is 0.316. The fourth-order valence-corrected chi connectivity index (χ4v) is 1.93. The summed E-state index contributed by atoms with van der Waals surface area (Å²) in [5.74, 6) is 0.752. The Morgan fingerprint density at radius 2 is 2.11 bits per heavy atom. The predicted molar refractivity (Wildman–Crippen MR) is 74.9 cm³/mol. The third kappa shape index (κ3) is 2.93. The van der Waals surface area contributed by atoms with Crippen molar-refractivity contribution in [1.82, 2.24) is 4.98 Å². The Balaban J connectivity index is 2.32. The van der Waals surface area contributed by atoms with Crippen LogP contribution >= 0.6 is 11.6 Å². The SMILES string of the molecule is CCCOc1cncc(-c2ccc(N)cc2Cl)c1. The highest BCUT2D eigenvalue weighted by molar-refractivity contribution is 6.33. The van der Waals surface area contributed by atoms with Crippen molar-refractivity contribution in [3.8, 4) is 16.9 Å². The van der Waals surface area contributed by atoms with Gasteiger partial charge in [-0.1, -0.05) is 24.6 Å². The van der Waals surface area contributed by atoms with Crippen LogP contribution in [-0.4, -0.2) is 11.6 Å². The molecule has 0 aliphatic rings. The standard InChI is InChI=1S/C14H15ClN2O/c1-2-5-18-12-6-10(8-17-9-12)13-4-3-11(16)7-14(13)15/h3-4,6-9H,2,5,16H2,1H3. The van der Waals surface area contributed by atoms with Gasteiger partial charge in [0.2, 0.25) is 0 Å². The van der Waals surface area contributed by atoms with Crippen molar-refractivity contribution in [2.75, 3.05) is 12.3 Å². The van der Waals surface area contributed by atoms with Crippen molar-refractivity contribution >= 4 is 17.3 Å². The molecule has 0 saturated heterocycles. The van der Waals surface area contributed by atoms with E-state index >= 15 is 0 Å². The molecule has 3 nitrogen and oxygen atoms in total. The molecular formula is C14H15ClN2O. The molecule has 0 radical (unpaired) electrons. The number of nitrogens with two attached hydrogens (primary N) is 1. The number of nitrogen functional groups attached to an aromatic ring is 1. The minimum atomic E-state index is 0.615. The number of hydrogen-bond donors (Lipinski definition) is 1. The number of ether oxygens (including phenoxy) is 1. The fourth-order valence-electron chi connectivity index (χ4n) is 1.63. The topological polar surface area (TPSA) is 48.1 Å². The van der Waals surface area contributed by atoms with Gasteiger partial charge in [-0.25, -0.2) is 0 Å². The van der Waals surface area contributed by atoms with Crippen LogP contribution in [0, 0.1) is 0 Å². The fraction of sp³-hybridized carbons (Fsp3) is 0.214. The van der Waals surface area contributed by atoms with Crippen molar-refractivity contribution < 1.29 is 4.74 Å². The van der Waals surface area contributed by atoms with Crippen molar-refractivity contribution in [2.24, 2.45) is 0 Å². The quantitative estimate of drug-likeness (QED) is 0.853. The average Bonchev–Trinajstić information content (AvgIpc) is 2.36. The van der Waals surface area contributed by atoms with Gasteiger partial charge in [0.1, 0.15) is 5.75 Å². The summed E-state index contributed by atoms with van der Waals surface area (Å²) in [6.07, 6.45) is 4.42. The van der Waals surface area contributed by atoms with E-state index in [-0.39, 0.29) is 0 Å². The molecule has 0 aliphatic carbocycles. The zero-order chi connectivity index (χ0) is 13.0. The number of pyridine rings is 1. The molecule has 2 rings (SSSR count). The first kappa shape index (κ1) is 12.7. The summed E-state index contributed by atoms with van der Waals surface area (Å²) < 4.78 is 5.55. The Hall–Kier alpha value is -1.74. The first-order chi connectivity index (χ1) is 8.70. The monoisotopic (exact) mass is 262 g/mol. The summed E-state index contributed by atoms with van der Waals surface area (Å²) in [5, 5.41) is 0.615. The van der Waals surface area contributed by atoms with Crippen LogP contribution < -0.4 is 10.5 Å². The molecule has 1 aromatic carbocycles. The summed E-state index contributed by atoms with van der Waals surface area (Å²) in [4.78, 5) is 4.16. The lowest BCUT2D eigenvalue weighted by Gasteiger charge is -2.08. The van der Waals surface area contributed by atoms with Crippen LogP contribution in [0.2, 0.25) is 5.02 Å². The number of nitrogens with zero attached hydrogens (tertiary/aromatic N) is 1. The van der Waals surface area contributed by atoms with Gasteiger partial charge in [0.25, 0.3) is 0 Å². The van der Waals surface area contributed by atoms with Gasteiger partial charge in [0.05, 0.1) is 17.8 Å². The summed E-state index contributed by atoms with van der Waals surface area (Å²) >= 11 is 6.17. The first-order valence-electron chi connectivity index (χ1n) is 5.84. The Morgan fingerprint density at radius 3 is 2.83 bits per heavy atom. The minimum Gasteiger partial charge on any atom is -0.492 e. The molecule has 0 amide bonds. The van der Waals surface area contributed by atoms with Gasteiger partial charge in [-0.05, 0) is 24.6 Å². The first-order valence-corrected chi connectivity index (χ1v) is 6.21. The average molecular weight is 263 g/mol. The smallest absolute Gasteiger partial charge is 0.138 e. The molecule has 2 N–H and O–H groups in total. The largest absolute Gasteiger partial charge is 0.492 e. The van der Waals surface area contributed by atoms with E-state index in [1.807, 2.05) is 18.2 Å². The van der Waals surface area contributed by atoms with Crippen LogP contribution in [0.1, 0.15) is 13.3 Å². The van der Waals surface area contributed by atoms with Crippen LogP contribution in [0.4, 0.5) is 5.69 Å². The van der Waals surface area contributed by atoms with Gasteiger partial charge in [0, 0.05) is 23.0 Å². The molecule has 1 heterocycles. The van der Waals surface area contributed by atoms with E-state index in [9.17, 15) is 0 Å². The Bertz CT molecular complexity index is 543. The maximum atomic E-state index is 6.17. The number of rotatable bonds is 4. The molecule has 0 spiro atoms. The zero-order valence-electron chi connectivity index (χ0n) is 10.2. The van der Waals surface area contributed by atoms with Crippen LogP contribution in [0.15, 0.2) is 36.7 Å². The molecule has 0 fully saturated rings. The van der Waals surface area contributed by atoms with E-state index in [0.717, 1.165) is 23.3 Å². The summed E-state index contributed by atoms with van der Waals surface area (Å²) in [6, 6.07) is 7.37. The molecule has 4 heteroatoms. The molecule has 2 aromatic rings. The lowest BCUT2D eigenvalue weighted by Crippen LogP contribution is -1.95. The van der Waals surface area contributed by atoms with Gasteiger partial charge in [-0.2, -0.15) is 0 Å². The molecule has 0 bridgehead atoms. The molecular weight excluding hydrogens is 248 g/mol. The van der Waals surface area contributed by atoms with E-state index in [1.165, 1.54) is 0 Å². The van der Waals surface area contributed by atoms with E-state index in [4.69, 9.17) is 22.1 Å². The van der Waals surface area contributed by atoms with Crippen molar-refractivity contribution in [2.45, 2.75) is 13.3 Å². The second kappa shape index (κ2) is 5.74. The minimum absolute atomic E-state index is 0.615. The Kier molecular flexibility index (Phi) is 4.05. The Labute approximate surface area is 112 Å². The van der Waals surface area contributed by atoms with Gasteiger partial charge < -0.3 is 10.5 Å². The molecule has 18 heavy (non-hydrogen) atoms. The van der Waals surface area contributed by atoms with Crippen molar-refractivity contribution in [3.63, 3.8) is 0 Å². The van der Waals surface area contributed by atoms with Crippen molar-refractivity contribution in [1.29, 1.82) is 0 Å². The molecule has 0 aliphatic heterocycles. The molecule has 0 atom stereocenters. The number of anilines is 1. The number of hydrogen-bond acceptors (Lipinski definition) is 3. The van der Waals surface area contributed by atoms with E-state index in [2.05, 4.69) is 11.9 Å². The summed E-state index contributed by atoms with van der Waals surface area (Å²) in [5.41, 5.74) is 8.15. The van der Waals surface area contributed by atoms with Crippen LogP contribution in [0.3, 0.4) is 0 Å². The molecule has 1 aromatic heterocycles. The van der Waals surface area contributed by atoms with Crippen molar-refractivity contribution in [3.05, 3.63) is 41.7 Å². The second-order valence-corrected chi connectivity index (χ2v) is 4.40. The number of benzene rings is 1. The Morgan fingerprint density at radius 1 is 1.28 bits per heavy atom. The van der Waals surface area contributed by atoms with Crippen LogP contribution in [-0.2, 0) is 0 Å². The van der Waals surface area contributed by atoms with Crippen LogP contribution in [0.5, 0.6) is 5.75 Å². The third-order valence-corrected chi connectivity index (χ3v) is 2.80. The van der Waals surface area contributed by atoms with Gasteiger partial charge >= 0.3 is 0 Å². The van der Waals surface area contributed by atoms with Gasteiger partial charge in [0.15, 0.2) is 0 Å². The summed E-state index contributed by atoms with van der Waals surface area (Å²) in [6.45, 7) is 2.74. The van der Waals surface area contributed by atoms with E-state index in [1.54, 1.807) is 18.5 Å². The molecule has 0 saturated carbocycles. The number of aromatic nitrogens is 1. The highest BCUT2D eigenvalue weighted by atomic mass is 35.5. The van der Waals surface area contributed by atoms with E-state index < -0.39 is 0 Å². The summed E-state index contributed by atoms with van der Waals surface area (Å²) in [7, 11) is 0. The number of halogens is 1. The van der Waals surface area contributed by atoms with Gasteiger partial charge in [-0.3, -0.25) is 4.98 Å². The molecule has 0 unspecified atom stereocenters. The predicted octanol–water partition coefficient (Wildman–Crippen LogP) is 3.77. The third-order valence-electron chi connectivity index (χ3n) is 2.49. The van der Waals surface area contributed by atoms with E-state index in [0.29, 0.717) is 17.3 Å².